The minimum Gasteiger partial charge on any atom is -0.508 e. The van der Waals surface area contributed by atoms with Gasteiger partial charge in [-0.15, -0.1) is 0 Å². The fraction of sp³-hybridized carbons (Fsp3) is 0.600. The van der Waals surface area contributed by atoms with E-state index in [2.05, 4.69) is 0 Å². The third-order valence-electron chi connectivity index (χ3n) is 2.00. The Balaban J connectivity index is 2.94. The molecule has 1 atom stereocenters. The van der Waals surface area contributed by atoms with Gasteiger partial charge in [0.25, 0.3) is 0 Å². The molecule has 2 N–H and O–H groups in total. The van der Waals surface area contributed by atoms with Gasteiger partial charge < -0.3 is 10.2 Å². The third kappa shape index (κ3) is 1.89. The van der Waals surface area contributed by atoms with Crippen molar-refractivity contribution in [2.45, 2.75) is 33.3 Å². The summed E-state index contributed by atoms with van der Waals surface area (Å²) in [4.78, 5) is 0. The van der Waals surface area contributed by atoms with Crippen molar-refractivity contribution in [3.63, 3.8) is 0 Å². The third-order valence-corrected chi connectivity index (χ3v) is 2.00. The Labute approximate surface area is 73.2 Å². The Hall–Kier alpha value is -0.760. The van der Waals surface area contributed by atoms with Gasteiger partial charge >= 0.3 is 0 Å². The molecule has 0 saturated carbocycles. The van der Waals surface area contributed by atoms with Crippen molar-refractivity contribution in [1.82, 2.24) is 0 Å². The monoisotopic (exact) mass is 168 g/mol. The molecule has 0 saturated heterocycles. The topological polar surface area (TPSA) is 40.5 Å². The molecule has 1 rings (SSSR count). The van der Waals surface area contributed by atoms with Gasteiger partial charge in [0, 0.05) is 0 Å². The Bertz CT molecular complexity index is 231. The highest BCUT2D eigenvalue weighted by molar-refractivity contribution is 5.34. The van der Waals surface area contributed by atoms with E-state index in [0.717, 1.165) is 5.57 Å². The van der Waals surface area contributed by atoms with Crippen molar-refractivity contribution >= 4 is 0 Å². The standard InChI is InChI=1S/C10H16O2/c1-10(2,3)8-6-7(11)4-5-9(8)12/h5-7,11-12H,4H2,1-3H3. The normalized spacial score (nSPS) is 24.8. The summed E-state index contributed by atoms with van der Waals surface area (Å²) < 4.78 is 0. The lowest BCUT2D eigenvalue weighted by Gasteiger charge is -2.26. The predicted molar refractivity (Wildman–Crippen MR) is 48.9 cm³/mol. The van der Waals surface area contributed by atoms with Gasteiger partial charge in [-0.25, -0.2) is 0 Å². The molecule has 0 heterocycles. The van der Waals surface area contributed by atoms with Crippen molar-refractivity contribution in [1.29, 1.82) is 0 Å². The smallest absolute Gasteiger partial charge is 0.115 e. The highest BCUT2D eigenvalue weighted by Gasteiger charge is 2.23. The lowest BCUT2D eigenvalue weighted by molar-refractivity contribution is 0.215. The summed E-state index contributed by atoms with van der Waals surface area (Å²) in [5.41, 5.74) is 0.739. The molecule has 2 heteroatoms. The van der Waals surface area contributed by atoms with Gasteiger partial charge in [-0.3, -0.25) is 0 Å². The Morgan fingerprint density at radius 1 is 1.42 bits per heavy atom. The van der Waals surface area contributed by atoms with Crippen LogP contribution >= 0.6 is 0 Å². The molecule has 1 aliphatic carbocycles. The number of aliphatic hydroxyl groups is 2. The SMILES string of the molecule is CC(C)(C)C1=CC(O)CC=C1O. The van der Waals surface area contributed by atoms with Gasteiger partial charge in [0.15, 0.2) is 0 Å². The first kappa shape index (κ1) is 9.33. The van der Waals surface area contributed by atoms with Crippen LogP contribution in [0.5, 0.6) is 0 Å². The van der Waals surface area contributed by atoms with Crippen LogP contribution in [0.2, 0.25) is 0 Å². The van der Waals surface area contributed by atoms with E-state index in [4.69, 9.17) is 0 Å². The zero-order valence-corrected chi connectivity index (χ0v) is 7.83. The van der Waals surface area contributed by atoms with Crippen LogP contribution < -0.4 is 0 Å². The van der Waals surface area contributed by atoms with E-state index in [1.165, 1.54) is 0 Å². The first-order valence-corrected chi connectivity index (χ1v) is 4.21. The van der Waals surface area contributed by atoms with E-state index in [-0.39, 0.29) is 5.41 Å². The van der Waals surface area contributed by atoms with Crippen LogP contribution in [-0.2, 0) is 0 Å². The van der Waals surface area contributed by atoms with Crippen LogP contribution in [0.4, 0.5) is 0 Å². The summed E-state index contributed by atoms with van der Waals surface area (Å²) in [5, 5.41) is 18.8. The Kier molecular flexibility index (Phi) is 2.29. The molecular formula is C10H16O2. The molecule has 2 nitrogen and oxygen atoms in total. The second-order valence-electron chi connectivity index (χ2n) is 4.22. The number of hydrogen-bond donors (Lipinski definition) is 2. The van der Waals surface area contributed by atoms with Gasteiger partial charge in [-0.2, -0.15) is 0 Å². The Morgan fingerprint density at radius 2 is 2.00 bits per heavy atom. The molecule has 12 heavy (non-hydrogen) atoms. The lowest BCUT2D eigenvalue weighted by atomic mass is 9.82. The van der Waals surface area contributed by atoms with E-state index in [9.17, 15) is 10.2 Å². The summed E-state index contributed by atoms with van der Waals surface area (Å²) in [6, 6.07) is 0. The molecule has 0 aromatic rings. The van der Waals surface area contributed by atoms with Gasteiger partial charge in [-0.1, -0.05) is 20.8 Å². The van der Waals surface area contributed by atoms with Crippen LogP contribution in [0.3, 0.4) is 0 Å². The number of aliphatic hydroxyl groups excluding tert-OH is 2. The fourth-order valence-electron chi connectivity index (χ4n) is 1.32. The van der Waals surface area contributed by atoms with E-state index >= 15 is 0 Å². The zero-order valence-electron chi connectivity index (χ0n) is 7.83. The van der Waals surface area contributed by atoms with E-state index in [1.54, 1.807) is 12.2 Å². The van der Waals surface area contributed by atoms with Crippen molar-refractivity contribution in [3.8, 4) is 0 Å². The van der Waals surface area contributed by atoms with Gasteiger partial charge in [-0.05, 0) is 29.6 Å². The predicted octanol–water partition coefficient (Wildman–Crippen LogP) is 2.17. The van der Waals surface area contributed by atoms with Gasteiger partial charge in [0.1, 0.15) is 5.76 Å². The fourth-order valence-corrected chi connectivity index (χ4v) is 1.32. The van der Waals surface area contributed by atoms with Gasteiger partial charge in [0.05, 0.1) is 6.10 Å². The van der Waals surface area contributed by atoms with Crippen molar-refractivity contribution in [3.05, 3.63) is 23.5 Å². The maximum atomic E-state index is 9.50. The maximum Gasteiger partial charge on any atom is 0.115 e. The molecule has 0 bridgehead atoms. The molecule has 0 radical (unpaired) electrons. The van der Waals surface area contributed by atoms with E-state index in [1.807, 2.05) is 20.8 Å². The average Bonchev–Trinajstić information content (AvgIpc) is 1.92. The van der Waals surface area contributed by atoms with E-state index in [0.29, 0.717) is 12.2 Å². The first-order chi connectivity index (χ1) is 5.41. The lowest BCUT2D eigenvalue weighted by Crippen LogP contribution is -2.18. The largest absolute Gasteiger partial charge is 0.508 e. The number of hydrogen-bond acceptors (Lipinski definition) is 2. The molecule has 1 aliphatic rings. The summed E-state index contributed by atoms with van der Waals surface area (Å²) in [5.74, 6) is 0.313. The minimum atomic E-state index is -0.435. The van der Waals surface area contributed by atoms with Crippen molar-refractivity contribution in [2.24, 2.45) is 5.41 Å². The number of allylic oxidation sites excluding steroid dienone is 1. The molecule has 0 spiro atoms. The van der Waals surface area contributed by atoms with Crippen molar-refractivity contribution < 1.29 is 10.2 Å². The van der Waals surface area contributed by atoms with Crippen LogP contribution in [0.25, 0.3) is 0 Å². The molecule has 68 valence electrons. The summed E-state index contributed by atoms with van der Waals surface area (Å²) in [6.07, 6.45) is 3.49. The summed E-state index contributed by atoms with van der Waals surface area (Å²) >= 11 is 0. The van der Waals surface area contributed by atoms with Crippen LogP contribution in [0.1, 0.15) is 27.2 Å². The molecule has 0 aliphatic heterocycles. The summed E-state index contributed by atoms with van der Waals surface area (Å²) in [7, 11) is 0. The second kappa shape index (κ2) is 2.94. The molecule has 0 aromatic carbocycles. The molecular weight excluding hydrogens is 152 g/mol. The van der Waals surface area contributed by atoms with Crippen LogP contribution in [0, 0.1) is 5.41 Å². The van der Waals surface area contributed by atoms with Crippen LogP contribution in [-0.4, -0.2) is 16.3 Å². The quantitative estimate of drug-likeness (QED) is 0.582. The summed E-state index contributed by atoms with van der Waals surface area (Å²) in [6.45, 7) is 6.04. The maximum absolute atomic E-state index is 9.50. The van der Waals surface area contributed by atoms with E-state index < -0.39 is 6.10 Å². The first-order valence-electron chi connectivity index (χ1n) is 4.21. The van der Waals surface area contributed by atoms with Gasteiger partial charge in [0.2, 0.25) is 0 Å². The van der Waals surface area contributed by atoms with Crippen LogP contribution in [0.15, 0.2) is 23.5 Å². The minimum absolute atomic E-state index is 0.0953. The highest BCUT2D eigenvalue weighted by Crippen LogP contribution is 2.32. The Morgan fingerprint density at radius 3 is 2.42 bits per heavy atom. The second-order valence-corrected chi connectivity index (χ2v) is 4.22. The molecule has 0 aromatic heterocycles. The van der Waals surface area contributed by atoms with Crippen molar-refractivity contribution in [2.75, 3.05) is 0 Å². The number of rotatable bonds is 0. The molecule has 0 fully saturated rings. The highest BCUT2D eigenvalue weighted by atomic mass is 16.3. The molecule has 0 amide bonds. The average molecular weight is 168 g/mol. The zero-order chi connectivity index (χ0) is 9.35. The molecule has 1 unspecified atom stereocenters.